The third-order valence-corrected chi connectivity index (χ3v) is 3.10. The van der Waals surface area contributed by atoms with Crippen molar-refractivity contribution < 1.29 is 14.3 Å². The number of hydrogen-bond donors (Lipinski definition) is 1. The van der Waals surface area contributed by atoms with Gasteiger partial charge in [0.25, 0.3) is 0 Å². The van der Waals surface area contributed by atoms with Gasteiger partial charge in [-0.25, -0.2) is 4.79 Å². The van der Waals surface area contributed by atoms with E-state index in [0.29, 0.717) is 12.1 Å². The zero-order valence-electron chi connectivity index (χ0n) is 8.66. The van der Waals surface area contributed by atoms with Crippen molar-refractivity contribution in [3.8, 4) is 0 Å². The number of esters is 1. The van der Waals surface area contributed by atoms with Crippen molar-refractivity contribution in [2.75, 3.05) is 7.11 Å². The van der Waals surface area contributed by atoms with Crippen LogP contribution in [0, 0.1) is 0 Å². The topological polar surface area (TPSA) is 47.6 Å². The fourth-order valence-electron chi connectivity index (χ4n) is 2.33. The first kappa shape index (κ1) is 9.93. The summed E-state index contributed by atoms with van der Waals surface area (Å²) in [6.07, 6.45) is 2.77. The molecule has 2 saturated heterocycles. The first-order valence-electron chi connectivity index (χ1n) is 5.20. The van der Waals surface area contributed by atoms with Crippen LogP contribution in [0.3, 0.4) is 0 Å². The average molecular weight is 199 g/mol. The van der Waals surface area contributed by atoms with Crippen LogP contribution in [-0.2, 0) is 14.3 Å². The van der Waals surface area contributed by atoms with Crippen molar-refractivity contribution in [3.05, 3.63) is 0 Å². The highest BCUT2D eigenvalue weighted by atomic mass is 16.6. The molecule has 2 heterocycles. The van der Waals surface area contributed by atoms with E-state index in [-0.39, 0.29) is 18.2 Å². The number of carbonyl (C=O) groups excluding carboxylic acids is 1. The lowest BCUT2D eigenvalue weighted by molar-refractivity contribution is -0.153. The molecule has 14 heavy (non-hydrogen) atoms. The summed E-state index contributed by atoms with van der Waals surface area (Å²) in [6.45, 7) is 2.17. The number of hydrogen-bond acceptors (Lipinski definition) is 4. The molecule has 80 valence electrons. The van der Waals surface area contributed by atoms with E-state index in [1.807, 2.05) is 0 Å². The molecule has 0 bridgehead atoms. The van der Waals surface area contributed by atoms with Gasteiger partial charge in [-0.2, -0.15) is 0 Å². The highest BCUT2D eigenvalue weighted by Crippen LogP contribution is 2.28. The van der Waals surface area contributed by atoms with Crippen molar-refractivity contribution in [2.24, 2.45) is 0 Å². The number of nitrogens with one attached hydrogen (secondary N) is 1. The molecule has 4 heteroatoms. The molecule has 2 rings (SSSR count). The van der Waals surface area contributed by atoms with Crippen molar-refractivity contribution in [3.63, 3.8) is 0 Å². The quantitative estimate of drug-likeness (QED) is 0.623. The minimum Gasteiger partial charge on any atom is -0.467 e. The Morgan fingerprint density at radius 2 is 2.29 bits per heavy atom. The van der Waals surface area contributed by atoms with E-state index in [1.165, 1.54) is 7.11 Å². The molecule has 4 atom stereocenters. The van der Waals surface area contributed by atoms with Crippen LogP contribution in [0.1, 0.15) is 26.2 Å². The van der Waals surface area contributed by atoms with E-state index >= 15 is 0 Å². The molecule has 0 aromatic heterocycles. The number of fused-ring (bicyclic) bond motifs is 1. The molecular weight excluding hydrogens is 182 g/mol. The molecule has 2 aliphatic heterocycles. The molecule has 0 aliphatic carbocycles. The second-order valence-corrected chi connectivity index (χ2v) is 4.17. The van der Waals surface area contributed by atoms with Gasteiger partial charge in [0.1, 0.15) is 0 Å². The largest absolute Gasteiger partial charge is 0.467 e. The first-order valence-corrected chi connectivity index (χ1v) is 5.20. The van der Waals surface area contributed by atoms with Gasteiger partial charge in [-0.3, -0.25) is 0 Å². The Morgan fingerprint density at radius 1 is 1.50 bits per heavy atom. The maximum absolute atomic E-state index is 11.3. The second-order valence-electron chi connectivity index (χ2n) is 4.17. The van der Waals surface area contributed by atoms with Gasteiger partial charge >= 0.3 is 5.97 Å². The third-order valence-electron chi connectivity index (χ3n) is 3.10. The minimum atomic E-state index is -0.354. The normalized spacial score (nSPS) is 41.9. The van der Waals surface area contributed by atoms with E-state index < -0.39 is 0 Å². The Bertz CT molecular complexity index is 231. The summed E-state index contributed by atoms with van der Waals surface area (Å²) in [5, 5.41) is 3.45. The summed E-state index contributed by atoms with van der Waals surface area (Å²) in [7, 11) is 1.41. The van der Waals surface area contributed by atoms with Gasteiger partial charge < -0.3 is 14.8 Å². The van der Waals surface area contributed by atoms with Crippen molar-refractivity contribution in [2.45, 2.75) is 50.5 Å². The van der Waals surface area contributed by atoms with Crippen LogP contribution in [0.2, 0.25) is 0 Å². The van der Waals surface area contributed by atoms with Crippen LogP contribution in [0.15, 0.2) is 0 Å². The van der Waals surface area contributed by atoms with E-state index in [4.69, 9.17) is 4.74 Å². The molecule has 0 unspecified atom stereocenters. The predicted octanol–water partition coefficient (Wildman–Crippen LogP) is 0.457. The Kier molecular flexibility index (Phi) is 2.74. The van der Waals surface area contributed by atoms with Crippen LogP contribution < -0.4 is 5.32 Å². The maximum Gasteiger partial charge on any atom is 0.335 e. The summed E-state index contributed by atoms with van der Waals surface area (Å²) in [6, 6.07) is 0.874. The highest BCUT2D eigenvalue weighted by molar-refractivity contribution is 5.75. The summed E-state index contributed by atoms with van der Waals surface area (Å²) in [4.78, 5) is 11.3. The third kappa shape index (κ3) is 1.77. The average Bonchev–Trinajstić information content (AvgIpc) is 2.59. The molecule has 2 fully saturated rings. The zero-order chi connectivity index (χ0) is 10.1. The SMILES string of the molecule is COC(=O)[C@@H]1C[C@@H]2N[C@H](C)CC[C@H]2O1. The number of ether oxygens (including phenoxy) is 2. The van der Waals surface area contributed by atoms with Gasteiger partial charge in [0.05, 0.1) is 13.2 Å². The lowest BCUT2D eigenvalue weighted by atomic mass is 9.96. The summed E-state index contributed by atoms with van der Waals surface area (Å²) in [5.41, 5.74) is 0. The molecule has 0 aromatic rings. The molecule has 0 amide bonds. The lowest BCUT2D eigenvalue weighted by Gasteiger charge is -2.29. The second kappa shape index (κ2) is 3.87. The molecule has 1 N–H and O–H groups in total. The van der Waals surface area contributed by atoms with Crippen molar-refractivity contribution in [1.82, 2.24) is 5.32 Å². The fourth-order valence-corrected chi connectivity index (χ4v) is 2.33. The van der Waals surface area contributed by atoms with Gasteiger partial charge in [0.2, 0.25) is 0 Å². The van der Waals surface area contributed by atoms with Gasteiger partial charge in [0, 0.05) is 18.5 Å². The molecule has 4 nitrogen and oxygen atoms in total. The summed E-state index contributed by atoms with van der Waals surface area (Å²) < 4.78 is 10.3. The molecule has 0 aromatic carbocycles. The maximum atomic E-state index is 11.3. The van der Waals surface area contributed by atoms with Crippen LogP contribution in [0.25, 0.3) is 0 Å². The Balaban J connectivity index is 1.95. The van der Waals surface area contributed by atoms with E-state index in [2.05, 4.69) is 17.0 Å². The van der Waals surface area contributed by atoms with Gasteiger partial charge in [-0.1, -0.05) is 0 Å². The minimum absolute atomic E-state index is 0.204. The standard InChI is InChI=1S/C10H17NO3/c1-6-3-4-8-7(11-6)5-9(14-8)10(12)13-2/h6-9,11H,3-5H2,1-2H3/t6-,7+,8-,9+/m1/s1. The molecule has 0 spiro atoms. The zero-order valence-corrected chi connectivity index (χ0v) is 8.66. The molecule has 0 saturated carbocycles. The predicted molar refractivity (Wildman–Crippen MR) is 50.9 cm³/mol. The summed E-state index contributed by atoms with van der Waals surface area (Å²) >= 11 is 0. The smallest absolute Gasteiger partial charge is 0.335 e. The number of methoxy groups -OCH3 is 1. The monoisotopic (exact) mass is 199 g/mol. The van der Waals surface area contributed by atoms with Gasteiger partial charge in [-0.15, -0.1) is 0 Å². The van der Waals surface area contributed by atoms with E-state index in [1.54, 1.807) is 0 Å². The van der Waals surface area contributed by atoms with E-state index in [9.17, 15) is 4.79 Å². The van der Waals surface area contributed by atoms with Crippen molar-refractivity contribution >= 4 is 5.97 Å². The summed E-state index contributed by atoms with van der Waals surface area (Å²) in [5.74, 6) is -0.242. The number of rotatable bonds is 1. The highest BCUT2D eigenvalue weighted by Gasteiger charge is 2.41. The van der Waals surface area contributed by atoms with Crippen LogP contribution in [0.4, 0.5) is 0 Å². The van der Waals surface area contributed by atoms with Gasteiger partial charge in [-0.05, 0) is 19.8 Å². The lowest BCUT2D eigenvalue weighted by Crippen LogP contribution is -2.46. The molecule has 2 aliphatic rings. The van der Waals surface area contributed by atoms with Crippen molar-refractivity contribution in [1.29, 1.82) is 0 Å². The number of piperidine rings is 1. The van der Waals surface area contributed by atoms with Crippen LogP contribution in [-0.4, -0.2) is 37.4 Å². The first-order chi connectivity index (χ1) is 6.70. The molecule has 0 radical (unpaired) electrons. The fraction of sp³-hybridized carbons (Fsp3) is 0.900. The van der Waals surface area contributed by atoms with Gasteiger partial charge in [0.15, 0.2) is 6.10 Å². The number of carbonyl (C=O) groups is 1. The van der Waals surface area contributed by atoms with Crippen LogP contribution >= 0.6 is 0 Å². The van der Waals surface area contributed by atoms with Crippen LogP contribution in [0.5, 0.6) is 0 Å². The Hall–Kier alpha value is -0.610. The van der Waals surface area contributed by atoms with E-state index in [0.717, 1.165) is 19.3 Å². The Morgan fingerprint density at radius 3 is 3.00 bits per heavy atom. The molecular formula is C10H17NO3. The Labute approximate surface area is 84.0 Å².